The van der Waals surface area contributed by atoms with Crippen molar-refractivity contribution >= 4 is 27.3 Å². The molecule has 5 nitrogen and oxygen atoms in total. The number of anilines is 2. The third-order valence-corrected chi connectivity index (χ3v) is 6.24. The number of sulfonamides is 1. The zero-order valence-corrected chi connectivity index (χ0v) is 16.6. The van der Waals surface area contributed by atoms with Gasteiger partial charge in [0.05, 0.1) is 10.6 Å². The van der Waals surface area contributed by atoms with Gasteiger partial charge in [0.15, 0.2) is 0 Å². The number of carbonyl (C=O) groups is 1. The van der Waals surface area contributed by atoms with Gasteiger partial charge in [-0.3, -0.25) is 9.10 Å². The molecule has 0 saturated carbocycles. The van der Waals surface area contributed by atoms with E-state index in [0.717, 1.165) is 9.87 Å². The number of hydrogen-bond donors (Lipinski definition) is 0. The summed E-state index contributed by atoms with van der Waals surface area (Å²) in [5.41, 5.74) is 2.16. The summed E-state index contributed by atoms with van der Waals surface area (Å²) in [6, 6.07) is 24.4. The molecule has 0 aliphatic heterocycles. The lowest BCUT2D eigenvalue weighted by molar-refractivity contribution is -0.116. The number of aryl methyl sites for hydroxylation is 1. The number of carbonyl (C=O) groups excluding carboxylic acids is 1. The van der Waals surface area contributed by atoms with E-state index in [0.29, 0.717) is 11.4 Å². The number of para-hydroxylation sites is 1. The van der Waals surface area contributed by atoms with Gasteiger partial charge in [0.25, 0.3) is 10.0 Å². The van der Waals surface area contributed by atoms with Crippen molar-refractivity contribution in [3.8, 4) is 0 Å². The van der Waals surface area contributed by atoms with Crippen molar-refractivity contribution in [1.29, 1.82) is 0 Å². The van der Waals surface area contributed by atoms with Gasteiger partial charge in [-0.05, 0) is 43.3 Å². The number of amides is 1. The summed E-state index contributed by atoms with van der Waals surface area (Å²) in [5, 5.41) is 0. The van der Waals surface area contributed by atoms with E-state index in [1.807, 2.05) is 37.3 Å². The topological polar surface area (TPSA) is 57.7 Å². The van der Waals surface area contributed by atoms with Crippen LogP contribution in [0.15, 0.2) is 89.8 Å². The predicted molar refractivity (Wildman–Crippen MR) is 112 cm³/mol. The number of nitrogens with zero attached hydrogens (tertiary/aromatic N) is 2. The fourth-order valence-electron chi connectivity index (χ4n) is 2.77. The van der Waals surface area contributed by atoms with E-state index in [2.05, 4.69) is 0 Å². The van der Waals surface area contributed by atoms with Crippen LogP contribution < -0.4 is 9.21 Å². The van der Waals surface area contributed by atoms with Gasteiger partial charge in [0.2, 0.25) is 5.91 Å². The molecule has 1 amide bonds. The Hall–Kier alpha value is -3.12. The summed E-state index contributed by atoms with van der Waals surface area (Å²) in [6.45, 7) is 1.62. The molecule has 3 aromatic rings. The zero-order chi connectivity index (χ0) is 20.1. The SMILES string of the molecule is Cc1ccc(N(CC(=O)N(C)c2ccccc2)S(=O)(=O)c2ccccc2)cc1. The Balaban J connectivity index is 1.97. The summed E-state index contributed by atoms with van der Waals surface area (Å²) < 4.78 is 27.7. The Labute approximate surface area is 165 Å². The number of benzene rings is 3. The highest BCUT2D eigenvalue weighted by molar-refractivity contribution is 7.92. The van der Waals surface area contributed by atoms with Crippen molar-refractivity contribution in [1.82, 2.24) is 0 Å². The number of likely N-dealkylation sites (N-methyl/N-ethyl adjacent to an activating group) is 1. The monoisotopic (exact) mass is 394 g/mol. The largest absolute Gasteiger partial charge is 0.314 e. The van der Waals surface area contributed by atoms with Crippen LogP contribution in [0, 0.1) is 6.92 Å². The second kappa shape index (κ2) is 8.27. The zero-order valence-electron chi connectivity index (χ0n) is 15.8. The maximum atomic E-state index is 13.3. The van der Waals surface area contributed by atoms with Crippen molar-refractivity contribution in [2.45, 2.75) is 11.8 Å². The fourth-order valence-corrected chi connectivity index (χ4v) is 4.21. The molecule has 0 unspecified atom stereocenters. The fraction of sp³-hybridized carbons (Fsp3) is 0.136. The standard InChI is InChI=1S/C22H22N2O3S/c1-18-13-15-20(16-14-18)24(28(26,27)21-11-7-4-8-12-21)17-22(25)23(2)19-9-5-3-6-10-19/h3-16H,17H2,1-2H3. The lowest BCUT2D eigenvalue weighted by atomic mass is 10.2. The molecule has 6 heteroatoms. The highest BCUT2D eigenvalue weighted by Gasteiger charge is 2.28. The highest BCUT2D eigenvalue weighted by atomic mass is 32.2. The van der Waals surface area contributed by atoms with Crippen molar-refractivity contribution in [3.63, 3.8) is 0 Å². The van der Waals surface area contributed by atoms with Crippen LogP contribution in [0.25, 0.3) is 0 Å². The van der Waals surface area contributed by atoms with Crippen LogP contribution in [-0.4, -0.2) is 27.9 Å². The summed E-state index contributed by atoms with van der Waals surface area (Å²) in [4.78, 5) is 14.5. The van der Waals surface area contributed by atoms with Crippen LogP contribution >= 0.6 is 0 Å². The summed E-state index contributed by atoms with van der Waals surface area (Å²) in [6.07, 6.45) is 0. The van der Waals surface area contributed by atoms with E-state index in [1.54, 1.807) is 49.5 Å². The van der Waals surface area contributed by atoms with Crippen molar-refractivity contribution in [2.75, 3.05) is 22.8 Å². The van der Waals surface area contributed by atoms with Gasteiger partial charge in [-0.2, -0.15) is 0 Å². The average molecular weight is 394 g/mol. The van der Waals surface area contributed by atoms with Crippen LogP contribution in [0.3, 0.4) is 0 Å². The quantitative estimate of drug-likeness (QED) is 0.638. The van der Waals surface area contributed by atoms with Gasteiger partial charge < -0.3 is 4.90 Å². The van der Waals surface area contributed by atoms with Gasteiger partial charge in [0.1, 0.15) is 6.54 Å². The number of hydrogen-bond acceptors (Lipinski definition) is 3. The predicted octanol–water partition coefficient (Wildman–Crippen LogP) is 3.85. The van der Waals surface area contributed by atoms with E-state index in [4.69, 9.17) is 0 Å². The Bertz CT molecular complexity index is 1030. The van der Waals surface area contributed by atoms with Gasteiger partial charge in [-0.1, -0.05) is 54.1 Å². The molecular weight excluding hydrogens is 372 g/mol. The Kier molecular flexibility index (Phi) is 5.80. The highest BCUT2D eigenvalue weighted by Crippen LogP contribution is 2.24. The summed E-state index contributed by atoms with van der Waals surface area (Å²) in [7, 11) is -2.25. The van der Waals surface area contributed by atoms with Crippen molar-refractivity contribution in [3.05, 3.63) is 90.5 Å². The van der Waals surface area contributed by atoms with Crippen LogP contribution in [0.1, 0.15) is 5.56 Å². The summed E-state index contributed by atoms with van der Waals surface area (Å²) in [5.74, 6) is -0.328. The first-order valence-corrected chi connectivity index (χ1v) is 10.3. The Morgan fingerprint density at radius 1 is 0.786 bits per heavy atom. The lowest BCUT2D eigenvalue weighted by Gasteiger charge is -2.27. The first kappa shape index (κ1) is 19.6. The third-order valence-electron chi connectivity index (χ3n) is 4.45. The molecule has 144 valence electrons. The number of rotatable bonds is 6. The second-order valence-electron chi connectivity index (χ2n) is 6.45. The normalized spacial score (nSPS) is 11.1. The second-order valence-corrected chi connectivity index (χ2v) is 8.31. The third kappa shape index (κ3) is 4.23. The average Bonchev–Trinajstić information content (AvgIpc) is 2.73. The molecule has 0 aliphatic rings. The first-order valence-electron chi connectivity index (χ1n) is 8.85. The molecule has 0 atom stereocenters. The molecule has 0 bridgehead atoms. The lowest BCUT2D eigenvalue weighted by Crippen LogP contribution is -2.41. The van der Waals surface area contributed by atoms with E-state index in [1.165, 1.54) is 17.0 Å². The van der Waals surface area contributed by atoms with E-state index < -0.39 is 10.0 Å². The minimum Gasteiger partial charge on any atom is -0.314 e. The molecule has 0 N–H and O–H groups in total. The minimum atomic E-state index is -3.89. The van der Waals surface area contributed by atoms with Crippen molar-refractivity contribution in [2.24, 2.45) is 0 Å². The molecule has 0 fully saturated rings. The molecular formula is C22H22N2O3S. The van der Waals surface area contributed by atoms with E-state index >= 15 is 0 Å². The molecule has 3 rings (SSSR count). The van der Waals surface area contributed by atoms with Crippen LogP contribution in [0.4, 0.5) is 11.4 Å². The van der Waals surface area contributed by atoms with Crippen LogP contribution in [0.2, 0.25) is 0 Å². The molecule has 0 radical (unpaired) electrons. The maximum absolute atomic E-state index is 13.3. The molecule has 0 heterocycles. The van der Waals surface area contributed by atoms with E-state index in [9.17, 15) is 13.2 Å². The smallest absolute Gasteiger partial charge is 0.264 e. The Morgan fingerprint density at radius 3 is 1.89 bits per heavy atom. The molecule has 3 aromatic carbocycles. The van der Waals surface area contributed by atoms with Crippen LogP contribution in [-0.2, 0) is 14.8 Å². The molecule has 0 aliphatic carbocycles. The molecule has 0 spiro atoms. The molecule has 0 aromatic heterocycles. The summed E-state index contributed by atoms with van der Waals surface area (Å²) >= 11 is 0. The van der Waals surface area contributed by atoms with E-state index in [-0.39, 0.29) is 17.3 Å². The molecule has 28 heavy (non-hydrogen) atoms. The minimum absolute atomic E-state index is 0.144. The van der Waals surface area contributed by atoms with Gasteiger partial charge in [-0.25, -0.2) is 8.42 Å². The van der Waals surface area contributed by atoms with Gasteiger partial charge in [0, 0.05) is 12.7 Å². The first-order chi connectivity index (χ1) is 13.4. The van der Waals surface area contributed by atoms with Crippen molar-refractivity contribution < 1.29 is 13.2 Å². The van der Waals surface area contributed by atoms with Gasteiger partial charge >= 0.3 is 0 Å². The maximum Gasteiger partial charge on any atom is 0.264 e. The van der Waals surface area contributed by atoms with Gasteiger partial charge in [-0.15, -0.1) is 0 Å². The van der Waals surface area contributed by atoms with Crippen LogP contribution in [0.5, 0.6) is 0 Å². The molecule has 0 saturated heterocycles. The Morgan fingerprint density at radius 2 is 1.32 bits per heavy atom.